The SMILES string of the molecule is CCC1(CC)CC(NC(=O)CN(c2cccc3ccccc23)S(C)(=O)=O)c2ccccc2O1. The molecule has 0 saturated carbocycles. The van der Waals surface area contributed by atoms with Gasteiger partial charge in [-0.3, -0.25) is 9.10 Å². The Kier molecular flexibility index (Phi) is 6.34. The molecule has 1 aliphatic rings. The third kappa shape index (κ3) is 4.69. The van der Waals surface area contributed by atoms with E-state index in [1.165, 1.54) is 4.31 Å². The van der Waals surface area contributed by atoms with E-state index in [4.69, 9.17) is 4.74 Å². The van der Waals surface area contributed by atoms with Crippen LogP contribution in [0, 0.1) is 0 Å². The summed E-state index contributed by atoms with van der Waals surface area (Å²) in [6.45, 7) is 3.88. The number of benzene rings is 3. The Morgan fingerprint density at radius 2 is 1.70 bits per heavy atom. The van der Waals surface area contributed by atoms with E-state index in [0.29, 0.717) is 12.1 Å². The summed E-state index contributed by atoms with van der Waals surface area (Å²) in [5.74, 6) is 0.419. The Bertz CT molecular complexity index is 1260. The molecule has 3 aromatic carbocycles. The number of rotatable bonds is 7. The van der Waals surface area contributed by atoms with Crippen molar-refractivity contribution in [1.82, 2.24) is 5.32 Å². The normalized spacial score (nSPS) is 17.1. The van der Waals surface area contributed by atoms with Crippen molar-refractivity contribution in [3.8, 4) is 5.75 Å². The van der Waals surface area contributed by atoms with Crippen molar-refractivity contribution in [1.29, 1.82) is 0 Å². The second-order valence-corrected chi connectivity index (χ2v) is 10.5. The van der Waals surface area contributed by atoms with Crippen LogP contribution in [0.25, 0.3) is 10.8 Å². The first-order chi connectivity index (χ1) is 15.8. The zero-order valence-corrected chi connectivity index (χ0v) is 20.1. The van der Waals surface area contributed by atoms with E-state index < -0.39 is 10.0 Å². The Balaban J connectivity index is 1.64. The highest BCUT2D eigenvalue weighted by atomic mass is 32.2. The second kappa shape index (κ2) is 9.06. The molecule has 1 amide bonds. The molecule has 3 aromatic rings. The van der Waals surface area contributed by atoms with Gasteiger partial charge >= 0.3 is 0 Å². The highest BCUT2D eigenvalue weighted by Crippen LogP contribution is 2.42. The molecule has 6 nitrogen and oxygen atoms in total. The van der Waals surface area contributed by atoms with Gasteiger partial charge in [-0.2, -0.15) is 0 Å². The van der Waals surface area contributed by atoms with Crippen LogP contribution in [0.5, 0.6) is 5.75 Å². The number of sulfonamides is 1. The fourth-order valence-corrected chi connectivity index (χ4v) is 5.48. The maximum atomic E-state index is 13.2. The lowest BCUT2D eigenvalue weighted by molar-refractivity contribution is -0.121. The number of amides is 1. The molecule has 174 valence electrons. The predicted octanol–water partition coefficient (Wildman–Crippen LogP) is 4.80. The molecule has 1 aliphatic heterocycles. The molecular weight excluding hydrogens is 436 g/mol. The molecule has 0 aromatic heterocycles. The Morgan fingerprint density at radius 1 is 1.03 bits per heavy atom. The molecule has 0 fully saturated rings. The van der Waals surface area contributed by atoms with E-state index in [0.717, 1.165) is 41.2 Å². The predicted molar refractivity (Wildman–Crippen MR) is 132 cm³/mol. The minimum absolute atomic E-state index is 0.253. The van der Waals surface area contributed by atoms with Gasteiger partial charge in [-0.25, -0.2) is 8.42 Å². The highest BCUT2D eigenvalue weighted by Gasteiger charge is 2.39. The summed E-state index contributed by atoms with van der Waals surface area (Å²) < 4.78 is 33.0. The first-order valence-electron chi connectivity index (χ1n) is 11.3. The summed E-state index contributed by atoms with van der Waals surface area (Å²) in [6.07, 6.45) is 3.40. The maximum Gasteiger partial charge on any atom is 0.241 e. The van der Waals surface area contributed by atoms with Crippen LogP contribution in [0.4, 0.5) is 5.69 Å². The molecule has 7 heteroatoms. The minimum Gasteiger partial charge on any atom is -0.487 e. The van der Waals surface area contributed by atoms with Gasteiger partial charge in [0.15, 0.2) is 0 Å². The van der Waals surface area contributed by atoms with Gasteiger partial charge in [0.05, 0.1) is 18.0 Å². The van der Waals surface area contributed by atoms with Crippen LogP contribution in [0.15, 0.2) is 66.7 Å². The molecule has 0 aliphatic carbocycles. The van der Waals surface area contributed by atoms with E-state index in [1.807, 2.05) is 54.6 Å². The third-order valence-corrected chi connectivity index (χ3v) is 7.67. The van der Waals surface area contributed by atoms with Crippen LogP contribution in [0.2, 0.25) is 0 Å². The lowest BCUT2D eigenvalue weighted by atomic mass is 9.83. The van der Waals surface area contributed by atoms with Gasteiger partial charge < -0.3 is 10.1 Å². The molecular formula is C26H30N2O4S. The molecule has 0 spiro atoms. The third-order valence-electron chi connectivity index (χ3n) is 6.54. The number of hydrogen-bond donors (Lipinski definition) is 1. The number of hydrogen-bond acceptors (Lipinski definition) is 4. The van der Waals surface area contributed by atoms with Gasteiger partial charge in [0.1, 0.15) is 17.9 Å². The lowest BCUT2D eigenvalue weighted by Crippen LogP contribution is -2.47. The summed E-state index contributed by atoms with van der Waals surface area (Å²) in [4.78, 5) is 13.2. The quantitative estimate of drug-likeness (QED) is 0.542. The van der Waals surface area contributed by atoms with Crippen molar-refractivity contribution in [2.75, 3.05) is 17.1 Å². The van der Waals surface area contributed by atoms with E-state index in [-0.39, 0.29) is 24.1 Å². The molecule has 0 bridgehead atoms. The first-order valence-corrected chi connectivity index (χ1v) is 13.1. The summed E-state index contributed by atoms with van der Waals surface area (Å²) in [5.41, 5.74) is 1.05. The number of nitrogens with one attached hydrogen (secondary N) is 1. The summed E-state index contributed by atoms with van der Waals surface area (Å²) >= 11 is 0. The largest absolute Gasteiger partial charge is 0.487 e. The molecule has 1 unspecified atom stereocenters. The highest BCUT2D eigenvalue weighted by molar-refractivity contribution is 7.92. The monoisotopic (exact) mass is 466 g/mol. The number of carbonyl (C=O) groups excluding carboxylic acids is 1. The van der Waals surface area contributed by atoms with Crippen LogP contribution in [-0.4, -0.2) is 32.7 Å². The van der Waals surface area contributed by atoms with Crippen molar-refractivity contribution >= 4 is 32.4 Å². The van der Waals surface area contributed by atoms with Crippen molar-refractivity contribution in [2.45, 2.75) is 44.8 Å². The van der Waals surface area contributed by atoms with Crippen molar-refractivity contribution in [3.63, 3.8) is 0 Å². The van der Waals surface area contributed by atoms with Gasteiger partial charge in [0.2, 0.25) is 15.9 Å². The summed E-state index contributed by atoms with van der Waals surface area (Å²) in [5, 5.41) is 4.79. The number of ether oxygens (including phenoxy) is 1. The van der Waals surface area contributed by atoms with Crippen LogP contribution in [0.3, 0.4) is 0 Å². The topological polar surface area (TPSA) is 75.7 Å². The van der Waals surface area contributed by atoms with Gasteiger partial charge in [0, 0.05) is 17.4 Å². The number of nitrogens with zero attached hydrogens (tertiary/aromatic N) is 1. The van der Waals surface area contributed by atoms with E-state index in [1.54, 1.807) is 12.1 Å². The Morgan fingerprint density at radius 3 is 2.42 bits per heavy atom. The van der Waals surface area contributed by atoms with Gasteiger partial charge in [-0.15, -0.1) is 0 Å². The maximum absolute atomic E-state index is 13.2. The van der Waals surface area contributed by atoms with Crippen LogP contribution in [0.1, 0.15) is 44.7 Å². The molecule has 1 N–H and O–H groups in total. The smallest absolute Gasteiger partial charge is 0.241 e. The number of carbonyl (C=O) groups is 1. The summed E-state index contributed by atoms with van der Waals surface area (Å²) in [6, 6.07) is 20.5. The van der Waals surface area contributed by atoms with Crippen LogP contribution < -0.4 is 14.4 Å². The number of fused-ring (bicyclic) bond motifs is 2. The average molecular weight is 467 g/mol. The molecule has 1 atom stereocenters. The van der Waals surface area contributed by atoms with Gasteiger partial charge in [-0.05, 0) is 30.4 Å². The zero-order valence-electron chi connectivity index (χ0n) is 19.2. The van der Waals surface area contributed by atoms with E-state index in [2.05, 4.69) is 19.2 Å². The van der Waals surface area contributed by atoms with E-state index in [9.17, 15) is 13.2 Å². The molecule has 33 heavy (non-hydrogen) atoms. The van der Waals surface area contributed by atoms with Gasteiger partial charge in [0.25, 0.3) is 0 Å². The Labute approximate surface area is 195 Å². The average Bonchev–Trinajstić information content (AvgIpc) is 2.81. The van der Waals surface area contributed by atoms with E-state index >= 15 is 0 Å². The second-order valence-electron chi connectivity index (χ2n) is 8.62. The zero-order chi connectivity index (χ0) is 23.6. The fraction of sp³-hybridized carbons (Fsp3) is 0.346. The molecule has 0 radical (unpaired) electrons. The van der Waals surface area contributed by atoms with Crippen LogP contribution in [-0.2, 0) is 14.8 Å². The number of anilines is 1. The minimum atomic E-state index is -3.69. The molecule has 0 saturated heterocycles. The van der Waals surface area contributed by atoms with Crippen LogP contribution >= 0.6 is 0 Å². The first kappa shape index (κ1) is 23.1. The fourth-order valence-electron chi connectivity index (χ4n) is 4.61. The molecule has 4 rings (SSSR count). The summed E-state index contributed by atoms with van der Waals surface area (Å²) in [7, 11) is -3.69. The number of para-hydroxylation sites is 1. The van der Waals surface area contributed by atoms with Crippen molar-refractivity contribution in [2.24, 2.45) is 0 Å². The standard InChI is InChI=1S/C26H30N2O4S/c1-4-26(5-2)17-22(21-14-8-9-16-24(21)32-26)27-25(29)18-28(33(3,30)31)23-15-10-12-19-11-6-7-13-20(19)23/h6-16,22H,4-5,17-18H2,1-3H3,(H,27,29). The molecule has 1 heterocycles. The van der Waals surface area contributed by atoms with Crippen molar-refractivity contribution in [3.05, 3.63) is 72.3 Å². The Hall–Kier alpha value is -3.06. The van der Waals surface area contributed by atoms with Crippen molar-refractivity contribution < 1.29 is 17.9 Å². The van der Waals surface area contributed by atoms with Gasteiger partial charge in [-0.1, -0.05) is 68.4 Å². The lowest BCUT2D eigenvalue weighted by Gasteiger charge is -2.41.